The van der Waals surface area contributed by atoms with E-state index in [2.05, 4.69) is 13.0 Å². The first-order chi connectivity index (χ1) is 8.01. The molecule has 0 spiro atoms. The van der Waals surface area contributed by atoms with E-state index < -0.39 is 0 Å². The number of ether oxygens (including phenoxy) is 1. The number of ketones is 1. The summed E-state index contributed by atoms with van der Waals surface area (Å²) < 4.78 is 5.78. The van der Waals surface area contributed by atoms with E-state index in [4.69, 9.17) is 16.3 Å². The van der Waals surface area contributed by atoms with Crippen LogP contribution in [0.3, 0.4) is 0 Å². The maximum absolute atomic E-state index is 11.6. The predicted octanol–water partition coefficient (Wildman–Crippen LogP) is 3.64. The fraction of sp³-hybridized carbons (Fsp3) is 0.643. The molecule has 0 aromatic carbocycles. The van der Waals surface area contributed by atoms with Gasteiger partial charge in [-0.05, 0) is 50.3 Å². The molecule has 0 N–H and O–H groups in total. The summed E-state index contributed by atoms with van der Waals surface area (Å²) in [6.45, 7) is 7.66. The molecule has 0 saturated carbocycles. The van der Waals surface area contributed by atoms with Crippen LogP contribution in [0.4, 0.5) is 0 Å². The van der Waals surface area contributed by atoms with Crippen molar-refractivity contribution in [2.45, 2.75) is 52.7 Å². The number of alkyl halides is 1. The molecular formula is C14H21ClO2. The Morgan fingerprint density at radius 1 is 1.53 bits per heavy atom. The highest BCUT2D eigenvalue weighted by molar-refractivity contribution is 6.20. The minimum absolute atomic E-state index is 0.0217. The van der Waals surface area contributed by atoms with E-state index in [1.165, 1.54) is 0 Å². The van der Waals surface area contributed by atoms with Crippen LogP contribution in [0.5, 0.6) is 0 Å². The van der Waals surface area contributed by atoms with Gasteiger partial charge in [0.25, 0.3) is 0 Å². The Balaban J connectivity index is 3.14. The molecule has 0 bridgehead atoms. The molecule has 3 heteroatoms. The van der Waals surface area contributed by atoms with Gasteiger partial charge in [0.1, 0.15) is 0 Å². The van der Waals surface area contributed by atoms with Crippen molar-refractivity contribution < 1.29 is 9.53 Å². The Bertz CT molecular complexity index is 355. The van der Waals surface area contributed by atoms with Crippen LogP contribution in [0.2, 0.25) is 0 Å². The van der Waals surface area contributed by atoms with Crippen molar-refractivity contribution in [3.63, 3.8) is 0 Å². The summed E-state index contributed by atoms with van der Waals surface area (Å²) in [6.07, 6.45) is 4.03. The second-order valence-corrected chi connectivity index (χ2v) is 4.75. The number of carbonyl (C=O) groups excluding carboxylic acids is 1. The van der Waals surface area contributed by atoms with E-state index in [-0.39, 0.29) is 18.0 Å². The van der Waals surface area contributed by atoms with Gasteiger partial charge in [-0.25, -0.2) is 0 Å². The number of rotatable bonds is 4. The zero-order valence-electron chi connectivity index (χ0n) is 11.0. The lowest BCUT2D eigenvalue weighted by molar-refractivity contribution is -0.113. The van der Waals surface area contributed by atoms with Crippen molar-refractivity contribution in [2.24, 2.45) is 0 Å². The molecule has 2 nitrogen and oxygen atoms in total. The van der Waals surface area contributed by atoms with Gasteiger partial charge in [0, 0.05) is 5.88 Å². The molecule has 0 radical (unpaired) electrons. The van der Waals surface area contributed by atoms with Gasteiger partial charge in [-0.2, -0.15) is 0 Å². The van der Waals surface area contributed by atoms with E-state index in [1.54, 1.807) is 6.92 Å². The van der Waals surface area contributed by atoms with E-state index in [0.717, 1.165) is 29.6 Å². The minimum atomic E-state index is 0.0217. The first kappa shape index (κ1) is 14.5. The highest BCUT2D eigenvalue weighted by Crippen LogP contribution is 2.29. The Hall–Kier alpha value is -0.600. The van der Waals surface area contributed by atoms with Gasteiger partial charge < -0.3 is 4.74 Å². The number of carbonyl (C=O) groups is 1. The fourth-order valence-electron chi connectivity index (χ4n) is 2.31. The summed E-state index contributed by atoms with van der Waals surface area (Å²) in [5.74, 6) is 0.478. The summed E-state index contributed by atoms with van der Waals surface area (Å²) >= 11 is 6.01. The number of halogens is 1. The third-order valence-corrected chi connectivity index (χ3v) is 3.44. The van der Waals surface area contributed by atoms with E-state index in [1.807, 2.05) is 13.8 Å². The molecule has 1 aliphatic heterocycles. The van der Waals surface area contributed by atoms with Gasteiger partial charge in [-0.15, -0.1) is 11.6 Å². The third-order valence-electron chi connectivity index (χ3n) is 3.17. The largest absolute Gasteiger partial charge is 0.371 e. The summed E-state index contributed by atoms with van der Waals surface area (Å²) in [5.41, 5.74) is 2.88. The average Bonchev–Trinajstić information content (AvgIpc) is 2.26. The summed E-state index contributed by atoms with van der Waals surface area (Å²) in [5, 5.41) is 0. The van der Waals surface area contributed by atoms with Crippen molar-refractivity contribution in [1.82, 2.24) is 0 Å². The smallest absolute Gasteiger partial charge is 0.156 e. The molecule has 0 fully saturated rings. The normalized spacial score (nSPS) is 26.3. The van der Waals surface area contributed by atoms with Gasteiger partial charge in [0.2, 0.25) is 0 Å². The average molecular weight is 257 g/mol. The topological polar surface area (TPSA) is 26.3 Å². The number of hydrogen-bond acceptors (Lipinski definition) is 2. The molecule has 2 atom stereocenters. The van der Waals surface area contributed by atoms with Crippen LogP contribution in [0.25, 0.3) is 0 Å². The molecule has 0 aromatic rings. The molecule has 0 aromatic heterocycles. The minimum Gasteiger partial charge on any atom is -0.371 e. The Morgan fingerprint density at radius 2 is 2.18 bits per heavy atom. The van der Waals surface area contributed by atoms with Crippen molar-refractivity contribution >= 4 is 17.4 Å². The Labute approximate surface area is 109 Å². The van der Waals surface area contributed by atoms with Crippen molar-refractivity contribution in [1.29, 1.82) is 0 Å². The first-order valence-electron chi connectivity index (χ1n) is 6.16. The summed E-state index contributed by atoms with van der Waals surface area (Å²) in [7, 11) is 0. The van der Waals surface area contributed by atoms with E-state index in [9.17, 15) is 4.79 Å². The number of allylic oxidation sites excluding steroid dienone is 1. The molecule has 96 valence electrons. The van der Waals surface area contributed by atoms with E-state index in [0.29, 0.717) is 5.88 Å². The van der Waals surface area contributed by atoms with Gasteiger partial charge in [0.05, 0.1) is 12.2 Å². The number of hydrogen-bond donors (Lipinski definition) is 0. The molecule has 1 rings (SSSR count). The lowest BCUT2D eigenvalue weighted by atomic mass is 9.91. The second kappa shape index (κ2) is 6.36. The standard InChI is InChI=1S/C14H21ClO2/c1-5-12(10(3)16)14(8-15)13-7-6-9(2)17-11(13)4/h7,9,11H,5-6,8H2,1-4H3/b14-12-. The number of Topliss-reactive ketones (excluding diaryl/α,β-unsaturated/α-hetero) is 1. The van der Waals surface area contributed by atoms with Crippen molar-refractivity contribution in [3.8, 4) is 0 Å². The highest BCUT2D eigenvalue weighted by Gasteiger charge is 2.23. The van der Waals surface area contributed by atoms with Crippen LogP contribution < -0.4 is 0 Å². The molecule has 0 saturated heterocycles. The van der Waals surface area contributed by atoms with Crippen LogP contribution in [-0.4, -0.2) is 23.9 Å². The quantitative estimate of drug-likeness (QED) is 0.567. The van der Waals surface area contributed by atoms with Crippen LogP contribution in [0.15, 0.2) is 22.8 Å². The zero-order chi connectivity index (χ0) is 13.0. The Kier molecular flexibility index (Phi) is 5.41. The maximum atomic E-state index is 11.6. The second-order valence-electron chi connectivity index (χ2n) is 4.48. The summed E-state index contributed by atoms with van der Waals surface area (Å²) in [6, 6.07) is 0. The molecule has 0 amide bonds. The monoisotopic (exact) mass is 256 g/mol. The van der Waals surface area contributed by atoms with Crippen molar-refractivity contribution in [2.75, 3.05) is 5.88 Å². The van der Waals surface area contributed by atoms with Crippen LogP contribution in [0, 0.1) is 0 Å². The van der Waals surface area contributed by atoms with Crippen LogP contribution in [-0.2, 0) is 9.53 Å². The lowest BCUT2D eigenvalue weighted by Crippen LogP contribution is -2.25. The van der Waals surface area contributed by atoms with Crippen LogP contribution in [0.1, 0.15) is 40.5 Å². The lowest BCUT2D eigenvalue weighted by Gasteiger charge is -2.28. The Morgan fingerprint density at radius 3 is 2.59 bits per heavy atom. The third kappa shape index (κ3) is 3.43. The highest BCUT2D eigenvalue weighted by atomic mass is 35.5. The molecule has 1 aliphatic rings. The van der Waals surface area contributed by atoms with Gasteiger partial charge in [0.15, 0.2) is 5.78 Å². The van der Waals surface area contributed by atoms with Gasteiger partial charge >= 0.3 is 0 Å². The fourth-order valence-corrected chi connectivity index (χ4v) is 2.63. The van der Waals surface area contributed by atoms with E-state index >= 15 is 0 Å². The van der Waals surface area contributed by atoms with Crippen LogP contribution >= 0.6 is 11.6 Å². The van der Waals surface area contributed by atoms with Gasteiger partial charge in [-0.3, -0.25) is 4.79 Å². The SMILES string of the molecule is CC/C(C(C)=O)=C(\CCl)C1=CCC(C)OC1C. The van der Waals surface area contributed by atoms with Crippen molar-refractivity contribution in [3.05, 3.63) is 22.8 Å². The molecule has 17 heavy (non-hydrogen) atoms. The molecular weight excluding hydrogens is 236 g/mol. The first-order valence-corrected chi connectivity index (χ1v) is 6.69. The molecule has 0 aliphatic carbocycles. The summed E-state index contributed by atoms with van der Waals surface area (Å²) in [4.78, 5) is 11.6. The molecule has 1 heterocycles. The maximum Gasteiger partial charge on any atom is 0.156 e. The van der Waals surface area contributed by atoms with Gasteiger partial charge in [-0.1, -0.05) is 13.0 Å². The predicted molar refractivity (Wildman–Crippen MR) is 71.4 cm³/mol. The molecule has 2 unspecified atom stereocenters. The zero-order valence-corrected chi connectivity index (χ0v) is 11.8.